The number of rotatable bonds is 6. The maximum absolute atomic E-state index is 12.0. The molecule has 4 rings (SSSR count). The van der Waals surface area contributed by atoms with E-state index >= 15 is 0 Å². The molecule has 0 saturated heterocycles. The molecule has 0 radical (unpaired) electrons. The Bertz CT molecular complexity index is 1110. The van der Waals surface area contributed by atoms with Crippen LogP contribution < -0.4 is 4.74 Å². The number of esters is 1. The normalized spacial score (nSPS) is 10.9. The van der Waals surface area contributed by atoms with Gasteiger partial charge in [0.05, 0.1) is 20.3 Å². The number of hydrogen-bond donors (Lipinski definition) is 0. The molecule has 2 aromatic heterocycles. The number of hydrogen-bond acceptors (Lipinski definition) is 4. The van der Waals surface area contributed by atoms with E-state index in [9.17, 15) is 4.79 Å². The third-order valence-corrected chi connectivity index (χ3v) is 5.68. The fraction of sp³-hybridized carbons (Fsp3) is 0.174. The number of carbonyl (C=O) groups excluding carboxylic acids is 1. The van der Waals surface area contributed by atoms with E-state index in [4.69, 9.17) is 9.47 Å². The molecule has 142 valence electrons. The maximum atomic E-state index is 12.0. The predicted octanol–water partition coefficient (Wildman–Crippen LogP) is 5.60. The van der Waals surface area contributed by atoms with Crippen molar-refractivity contribution in [1.82, 2.24) is 4.57 Å². The largest absolute Gasteiger partial charge is 0.497 e. The molecule has 2 heterocycles. The Morgan fingerprint density at radius 3 is 2.61 bits per heavy atom. The molecule has 28 heavy (non-hydrogen) atoms. The highest BCUT2D eigenvalue weighted by Gasteiger charge is 2.15. The summed E-state index contributed by atoms with van der Waals surface area (Å²) in [4.78, 5) is 13.7. The fourth-order valence-electron chi connectivity index (χ4n) is 3.33. The zero-order valence-electron chi connectivity index (χ0n) is 15.8. The van der Waals surface area contributed by atoms with Gasteiger partial charge in [-0.2, -0.15) is 0 Å². The van der Waals surface area contributed by atoms with Gasteiger partial charge in [0.25, 0.3) is 0 Å². The Morgan fingerprint density at radius 1 is 1.04 bits per heavy atom. The van der Waals surface area contributed by atoms with Crippen LogP contribution >= 0.6 is 11.3 Å². The molecule has 0 fully saturated rings. The first-order valence-corrected chi connectivity index (χ1v) is 9.99. The van der Waals surface area contributed by atoms with Crippen LogP contribution in [0.3, 0.4) is 0 Å². The van der Waals surface area contributed by atoms with Crippen molar-refractivity contribution in [2.75, 3.05) is 13.7 Å². The molecule has 0 atom stereocenters. The van der Waals surface area contributed by atoms with E-state index < -0.39 is 0 Å². The lowest BCUT2D eigenvalue weighted by Crippen LogP contribution is -2.02. The maximum Gasteiger partial charge on any atom is 0.348 e. The standard InChI is InChI=1S/C23H21NO3S/c1-3-27-23(25)22-12-10-19(28-22)15-24-20-11-9-18(26-2)13-17(20)14-21(24)16-7-5-4-6-8-16/h4-14H,3,15H2,1-2H3. The summed E-state index contributed by atoms with van der Waals surface area (Å²) >= 11 is 1.48. The van der Waals surface area contributed by atoms with E-state index in [0.717, 1.165) is 32.8 Å². The van der Waals surface area contributed by atoms with E-state index in [1.807, 2.05) is 43.3 Å². The molecule has 0 amide bonds. The quantitative estimate of drug-likeness (QED) is 0.402. The third-order valence-electron chi connectivity index (χ3n) is 4.63. The lowest BCUT2D eigenvalue weighted by Gasteiger charge is -2.10. The molecular formula is C23H21NO3S. The van der Waals surface area contributed by atoms with E-state index in [2.05, 4.69) is 34.9 Å². The van der Waals surface area contributed by atoms with Gasteiger partial charge in [0.2, 0.25) is 0 Å². The summed E-state index contributed by atoms with van der Waals surface area (Å²) in [6, 6.07) is 22.5. The summed E-state index contributed by atoms with van der Waals surface area (Å²) in [7, 11) is 1.68. The minimum Gasteiger partial charge on any atom is -0.497 e. The zero-order valence-corrected chi connectivity index (χ0v) is 16.7. The predicted molar refractivity (Wildman–Crippen MR) is 113 cm³/mol. The van der Waals surface area contributed by atoms with Crippen LogP contribution in [-0.4, -0.2) is 24.3 Å². The Morgan fingerprint density at radius 2 is 1.86 bits per heavy atom. The summed E-state index contributed by atoms with van der Waals surface area (Å²) in [6.07, 6.45) is 0. The monoisotopic (exact) mass is 391 g/mol. The lowest BCUT2D eigenvalue weighted by atomic mass is 10.1. The topological polar surface area (TPSA) is 40.5 Å². The zero-order chi connectivity index (χ0) is 19.5. The molecule has 0 spiro atoms. The number of methoxy groups -OCH3 is 1. The van der Waals surface area contributed by atoms with Crippen LogP contribution in [0.2, 0.25) is 0 Å². The highest BCUT2D eigenvalue weighted by molar-refractivity contribution is 7.13. The number of nitrogens with zero attached hydrogens (tertiary/aromatic N) is 1. The van der Waals surface area contributed by atoms with Crippen LogP contribution in [0.1, 0.15) is 21.5 Å². The van der Waals surface area contributed by atoms with Crippen LogP contribution in [0.4, 0.5) is 0 Å². The van der Waals surface area contributed by atoms with Gasteiger partial charge in [0, 0.05) is 21.5 Å². The van der Waals surface area contributed by atoms with Crippen LogP contribution in [0.5, 0.6) is 5.75 Å². The van der Waals surface area contributed by atoms with Gasteiger partial charge < -0.3 is 14.0 Å². The van der Waals surface area contributed by atoms with Crippen molar-refractivity contribution in [3.63, 3.8) is 0 Å². The van der Waals surface area contributed by atoms with Crippen LogP contribution in [0.25, 0.3) is 22.2 Å². The Kier molecular flexibility index (Phi) is 5.17. The Labute approximate surface area is 168 Å². The second-order valence-electron chi connectivity index (χ2n) is 6.39. The number of ether oxygens (including phenoxy) is 2. The summed E-state index contributed by atoms with van der Waals surface area (Å²) in [5, 5.41) is 1.13. The highest BCUT2D eigenvalue weighted by Crippen LogP contribution is 2.32. The first-order valence-electron chi connectivity index (χ1n) is 9.18. The van der Waals surface area contributed by atoms with Crippen LogP contribution in [0, 0.1) is 0 Å². The Balaban J connectivity index is 1.77. The van der Waals surface area contributed by atoms with Gasteiger partial charge in [-0.15, -0.1) is 11.3 Å². The average molecular weight is 391 g/mol. The van der Waals surface area contributed by atoms with Gasteiger partial charge in [-0.3, -0.25) is 0 Å². The fourth-order valence-corrected chi connectivity index (χ4v) is 4.22. The Hall–Kier alpha value is -3.05. The van der Waals surface area contributed by atoms with Gasteiger partial charge in [-0.1, -0.05) is 30.3 Å². The van der Waals surface area contributed by atoms with Crippen molar-refractivity contribution >= 4 is 28.2 Å². The third kappa shape index (κ3) is 3.53. The second-order valence-corrected chi connectivity index (χ2v) is 7.56. The van der Waals surface area contributed by atoms with Gasteiger partial charge >= 0.3 is 5.97 Å². The molecule has 5 heteroatoms. The molecule has 0 saturated carbocycles. The molecule has 0 aliphatic carbocycles. The lowest BCUT2D eigenvalue weighted by molar-refractivity contribution is 0.0532. The summed E-state index contributed by atoms with van der Waals surface area (Å²) in [6.45, 7) is 2.89. The first kappa shape index (κ1) is 18.3. The molecule has 2 aromatic carbocycles. The van der Waals surface area contributed by atoms with Crippen molar-refractivity contribution in [3.8, 4) is 17.0 Å². The summed E-state index contributed by atoms with van der Waals surface area (Å²) in [5.74, 6) is 0.578. The summed E-state index contributed by atoms with van der Waals surface area (Å²) in [5.41, 5.74) is 3.42. The van der Waals surface area contributed by atoms with Crippen molar-refractivity contribution in [3.05, 3.63) is 76.5 Å². The van der Waals surface area contributed by atoms with Gasteiger partial charge in [-0.05, 0) is 48.9 Å². The van der Waals surface area contributed by atoms with Crippen LogP contribution in [0.15, 0.2) is 66.7 Å². The molecule has 4 nitrogen and oxygen atoms in total. The van der Waals surface area contributed by atoms with Gasteiger partial charge in [0.1, 0.15) is 10.6 Å². The van der Waals surface area contributed by atoms with E-state index in [1.54, 1.807) is 7.11 Å². The van der Waals surface area contributed by atoms with E-state index in [1.165, 1.54) is 11.3 Å². The number of aromatic nitrogens is 1. The van der Waals surface area contributed by atoms with Crippen molar-refractivity contribution in [2.24, 2.45) is 0 Å². The second kappa shape index (κ2) is 7.90. The van der Waals surface area contributed by atoms with Gasteiger partial charge in [-0.25, -0.2) is 4.79 Å². The number of fused-ring (bicyclic) bond motifs is 1. The van der Waals surface area contributed by atoms with Gasteiger partial charge in [0.15, 0.2) is 0 Å². The number of thiophene rings is 1. The highest BCUT2D eigenvalue weighted by atomic mass is 32.1. The van der Waals surface area contributed by atoms with E-state index in [0.29, 0.717) is 18.0 Å². The summed E-state index contributed by atoms with van der Waals surface area (Å²) < 4.78 is 12.8. The number of benzene rings is 2. The molecule has 0 aliphatic rings. The van der Waals surface area contributed by atoms with Crippen molar-refractivity contribution < 1.29 is 14.3 Å². The first-order chi connectivity index (χ1) is 13.7. The van der Waals surface area contributed by atoms with E-state index in [-0.39, 0.29) is 5.97 Å². The smallest absolute Gasteiger partial charge is 0.348 e. The molecule has 4 aromatic rings. The molecular weight excluding hydrogens is 370 g/mol. The van der Waals surface area contributed by atoms with Crippen LogP contribution in [-0.2, 0) is 11.3 Å². The SMILES string of the molecule is CCOC(=O)c1ccc(Cn2c(-c3ccccc3)cc3cc(OC)ccc32)s1. The molecule has 0 unspecified atom stereocenters. The minimum absolute atomic E-state index is 0.260. The average Bonchev–Trinajstić information content (AvgIpc) is 3.34. The molecule has 0 N–H and O–H groups in total. The minimum atomic E-state index is -0.260. The molecule has 0 bridgehead atoms. The van der Waals surface area contributed by atoms with Crippen molar-refractivity contribution in [2.45, 2.75) is 13.5 Å². The molecule has 0 aliphatic heterocycles. The van der Waals surface area contributed by atoms with Crippen molar-refractivity contribution in [1.29, 1.82) is 0 Å². The number of carbonyl (C=O) groups is 1.